The van der Waals surface area contributed by atoms with E-state index in [0.717, 1.165) is 5.92 Å². The van der Waals surface area contributed by atoms with Gasteiger partial charge in [-0.15, -0.1) is 11.3 Å². The van der Waals surface area contributed by atoms with E-state index < -0.39 is 0 Å². The van der Waals surface area contributed by atoms with Crippen LogP contribution >= 0.6 is 11.3 Å². The van der Waals surface area contributed by atoms with Gasteiger partial charge in [0, 0.05) is 10.7 Å². The van der Waals surface area contributed by atoms with Crippen molar-refractivity contribution in [3.63, 3.8) is 0 Å². The molecule has 0 radical (unpaired) electrons. The molecule has 1 aromatic carbocycles. The Hall–Kier alpha value is -0.860. The van der Waals surface area contributed by atoms with E-state index in [1.165, 1.54) is 54.2 Å². The number of nitrogens with one attached hydrogen (secondary N) is 1. The quantitative estimate of drug-likeness (QED) is 0.838. The van der Waals surface area contributed by atoms with Crippen molar-refractivity contribution in [2.45, 2.75) is 44.6 Å². The fourth-order valence-corrected chi connectivity index (χ4v) is 4.38. The molecule has 1 nitrogen and oxygen atoms in total. The predicted molar refractivity (Wildman–Crippen MR) is 85.0 cm³/mol. The second-order valence-corrected chi connectivity index (χ2v) is 6.74. The van der Waals surface area contributed by atoms with Gasteiger partial charge in [0.1, 0.15) is 0 Å². The standard InChI is InChI=1S/C17H23NS/c1-18-15(10-13-6-2-3-7-13)11-14-12-19-17-9-5-4-8-16(14)17/h4-5,8-9,12-13,15,18H,2-3,6-7,10-11H2,1H3. The molecule has 102 valence electrons. The number of hydrogen-bond donors (Lipinski definition) is 1. The lowest BCUT2D eigenvalue weighted by molar-refractivity contribution is 0.403. The summed E-state index contributed by atoms with van der Waals surface area (Å²) in [5, 5.41) is 7.34. The minimum atomic E-state index is 0.640. The molecule has 1 atom stereocenters. The molecule has 1 N–H and O–H groups in total. The summed E-state index contributed by atoms with van der Waals surface area (Å²) in [6, 6.07) is 9.43. The Balaban J connectivity index is 1.71. The first-order valence-electron chi connectivity index (χ1n) is 7.49. The molecule has 1 aromatic heterocycles. The second kappa shape index (κ2) is 6.06. The number of rotatable bonds is 5. The molecule has 1 unspecified atom stereocenters. The maximum absolute atomic E-state index is 3.54. The van der Waals surface area contributed by atoms with Crippen LogP contribution in [0.2, 0.25) is 0 Å². The Morgan fingerprint density at radius 2 is 2.05 bits per heavy atom. The van der Waals surface area contributed by atoms with E-state index in [-0.39, 0.29) is 0 Å². The molecule has 2 aromatic rings. The van der Waals surface area contributed by atoms with Gasteiger partial charge in [0.05, 0.1) is 0 Å². The van der Waals surface area contributed by atoms with Gasteiger partial charge in [0.2, 0.25) is 0 Å². The number of fused-ring (bicyclic) bond motifs is 1. The molecule has 0 amide bonds. The maximum atomic E-state index is 3.54. The third kappa shape index (κ3) is 3.01. The molecule has 0 aliphatic heterocycles. The van der Waals surface area contributed by atoms with Crippen LogP contribution in [0.15, 0.2) is 29.6 Å². The van der Waals surface area contributed by atoms with Gasteiger partial charge in [-0.05, 0) is 48.2 Å². The summed E-state index contributed by atoms with van der Waals surface area (Å²) >= 11 is 1.88. The Bertz CT molecular complexity index is 525. The molecule has 1 fully saturated rings. The zero-order valence-electron chi connectivity index (χ0n) is 11.7. The third-order valence-corrected chi connectivity index (χ3v) is 5.54. The van der Waals surface area contributed by atoms with Gasteiger partial charge in [-0.3, -0.25) is 0 Å². The average Bonchev–Trinajstić information content (AvgIpc) is 3.08. The highest BCUT2D eigenvalue weighted by molar-refractivity contribution is 7.17. The van der Waals surface area contributed by atoms with Crippen molar-refractivity contribution >= 4 is 21.4 Å². The maximum Gasteiger partial charge on any atom is 0.0345 e. The number of benzene rings is 1. The molecule has 1 aliphatic carbocycles. The zero-order chi connectivity index (χ0) is 13.1. The van der Waals surface area contributed by atoms with Crippen LogP contribution in [0.1, 0.15) is 37.7 Å². The average molecular weight is 273 g/mol. The smallest absolute Gasteiger partial charge is 0.0345 e. The summed E-state index contributed by atoms with van der Waals surface area (Å²) in [6.45, 7) is 0. The van der Waals surface area contributed by atoms with E-state index in [1.54, 1.807) is 0 Å². The largest absolute Gasteiger partial charge is 0.317 e. The third-order valence-electron chi connectivity index (χ3n) is 4.53. The molecule has 1 heterocycles. The molecule has 0 saturated heterocycles. The summed E-state index contributed by atoms with van der Waals surface area (Å²) in [6.07, 6.45) is 8.31. The van der Waals surface area contributed by atoms with E-state index in [2.05, 4.69) is 42.0 Å². The van der Waals surface area contributed by atoms with Crippen molar-refractivity contribution in [2.75, 3.05) is 7.05 Å². The SMILES string of the molecule is CNC(Cc1csc2ccccc12)CC1CCCC1. The lowest BCUT2D eigenvalue weighted by Gasteiger charge is -2.19. The van der Waals surface area contributed by atoms with Gasteiger partial charge in [-0.1, -0.05) is 43.9 Å². The van der Waals surface area contributed by atoms with Crippen LogP contribution in [-0.4, -0.2) is 13.1 Å². The number of hydrogen-bond acceptors (Lipinski definition) is 2. The van der Waals surface area contributed by atoms with Gasteiger partial charge in [0.25, 0.3) is 0 Å². The summed E-state index contributed by atoms with van der Waals surface area (Å²) in [5.74, 6) is 0.961. The molecule has 0 bridgehead atoms. The fraction of sp³-hybridized carbons (Fsp3) is 0.529. The summed E-state index contributed by atoms with van der Waals surface area (Å²) in [4.78, 5) is 0. The van der Waals surface area contributed by atoms with Crippen molar-refractivity contribution in [3.05, 3.63) is 35.2 Å². The first-order valence-corrected chi connectivity index (χ1v) is 8.37. The highest BCUT2D eigenvalue weighted by atomic mass is 32.1. The van der Waals surface area contributed by atoms with Crippen molar-refractivity contribution in [2.24, 2.45) is 5.92 Å². The van der Waals surface area contributed by atoms with Crippen LogP contribution < -0.4 is 5.32 Å². The van der Waals surface area contributed by atoms with E-state index >= 15 is 0 Å². The lowest BCUT2D eigenvalue weighted by Crippen LogP contribution is -2.29. The van der Waals surface area contributed by atoms with E-state index in [0.29, 0.717) is 6.04 Å². The fourth-order valence-electron chi connectivity index (χ4n) is 3.41. The van der Waals surface area contributed by atoms with Crippen molar-refractivity contribution in [1.29, 1.82) is 0 Å². The van der Waals surface area contributed by atoms with Gasteiger partial charge >= 0.3 is 0 Å². The van der Waals surface area contributed by atoms with Gasteiger partial charge in [0.15, 0.2) is 0 Å². The van der Waals surface area contributed by atoms with Gasteiger partial charge in [-0.25, -0.2) is 0 Å². The molecule has 19 heavy (non-hydrogen) atoms. The molecular weight excluding hydrogens is 250 g/mol. The normalized spacial score (nSPS) is 18.2. The molecule has 2 heteroatoms. The Labute approximate surface area is 120 Å². The van der Waals surface area contributed by atoms with Crippen LogP contribution in [0.25, 0.3) is 10.1 Å². The summed E-state index contributed by atoms with van der Waals surface area (Å²) < 4.78 is 1.42. The first kappa shape index (κ1) is 13.1. The molecule has 3 rings (SSSR count). The molecule has 1 saturated carbocycles. The Morgan fingerprint density at radius 1 is 1.26 bits per heavy atom. The Kier molecular flexibility index (Phi) is 4.19. The van der Waals surface area contributed by atoms with Crippen LogP contribution in [-0.2, 0) is 6.42 Å². The van der Waals surface area contributed by atoms with Crippen molar-refractivity contribution in [3.8, 4) is 0 Å². The minimum absolute atomic E-state index is 0.640. The molecule has 1 aliphatic rings. The second-order valence-electron chi connectivity index (χ2n) is 5.83. The molecular formula is C17H23NS. The number of likely N-dealkylation sites (N-methyl/N-ethyl adjacent to an activating group) is 1. The highest BCUT2D eigenvalue weighted by Crippen LogP contribution is 2.31. The predicted octanol–water partition coefficient (Wildman–Crippen LogP) is 4.61. The highest BCUT2D eigenvalue weighted by Gasteiger charge is 2.20. The number of thiophene rings is 1. The van der Waals surface area contributed by atoms with Crippen molar-refractivity contribution < 1.29 is 0 Å². The van der Waals surface area contributed by atoms with Crippen LogP contribution in [0.3, 0.4) is 0 Å². The summed E-state index contributed by atoms with van der Waals surface area (Å²) in [5.41, 5.74) is 1.53. The summed E-state index contributed by atoms with van der Waals surface area (Å²) in [7, 11) is 2.12. The van der Waals surface area contributed by atoms with Crippen LogP contribution in [0.4, 0.5) is 0 Å². The van der Waals surface area contributed by atoms with E-state index in [4.69, 9.17) is 0 Å². The van der Waals surface area contributed by atoms with Crippen LogP contribution in [0.5, 0.6) is 0 Å². The van der Waals surface area contributed by atoms with E-state index in [9.17, 15) is 0 Å². The van der Waals surface area contributed by atoms with E-state index in [1.807, 2.05) is 11.3 Å². The Morgan fingerprint density at radius 3 is 2.84 bits per heavy atom. The lowest BCUT2D eigenvalue weighted by atomic mass is 9.94. The van der Waals surface area contributed by atoms with Gasteiger partial charge < -0.3 is 5.32 Å². The minimum Gasteiger partial charge on any atom is -0.317 e. The zero-order valence-corrected chi connectivity index (χ0v) is 12.5. The van der Waals surface area contributed by atoms with Crippen LogP contribution in [0, 0.1) is 5.92 Å². The first-order chi connectivity index (χ1) is 9.36. The monoisotopic (exact) mass is 273 g/mol. The van der Waals surface area contributed by atoms with Gasteiger partial charge in [-0.2, -0.15) is 0 Å². The molecule has 0 spiro atoms. The topological polar surface area (TPSA) is 12.0 Å². The van der Waals surface area contributed by atoms with Crippen molar-refractivity contribution in [1.82, 2.24) is 5.32 Å².